The molecule has 8 nitrogen and oxygen atoms in total. The summed E-state index contributed by atoms with van der Waals surface area (Å²) < 4.78 is 10.5. The Morgan fingerprint density at radius 1 is 1.17 bits per heavy atom. The van der Waals surface area contributed by atoms with Gasteiger partial charge in [0.05, 0.1) is 12.8 Å². The number of ether oxygens (including phenoxy) is 1. The molecule has 0 saturated carbocycles. The Balaban J connectivity index is 1.28. The summed E-state index contributed by atoms with van der Waals surface area (Å²) in [6.07, 6.45) is 1.97. The van der Waals surface area contributed by atoms with Gasteiger partial charge in [0.25, 0.3) is 0 Å². The highest BCUT2D eigenvalue weighted by Crippen LogP contribution is 2.38. The molecule has 0 radical (unpaired) electrons. The second-order valence-electron chi connectivity index (χ2n) is 9.25. The first-order valence-electron chi connectivity index (χ1n) is 11.8. The second-order valence-corrected chi connectivity index (χ2v) is 10.3. The van der Waals surface area contributed by atoms with E-state index in [1.807, 2.05) is 38.1 Å². The molecule has 1 atom stereocenters. The molecule has 0 aliphatic carbocycles. The Morgan fingerprint density at radius 3 is 2.66 bits per heavy atom. The lowest BCUT2D eigenvalue weighted by atomic mass is 9.93. The maximum atomic E-state index is 12.2. The van der Waals surface area contributed by atoms with Crippen LogP contribution in [-0.2, 0) is 9.53 Å². The number of nitrogens with zero attached hydrogens (tertiary/aromatic N) is 4. The molecule has 0 bridgehead atoms. The fraction of sp³-hybridized carbons (Fsp3) is 0.385. The molecular formula is C26H28N4O4S. The molecule has 1 saturated heterocycles. The zero-order chi connectivity index (χ0) is 24.5. The van der Waals surface area contributed by atoms with Gasteiger partial charge in [-0.15, -0.1) is 21.5 Å². The number of carbonyl (C=O) groups excluding carboxylic acids is 1. The summed E-state index contributed by atoms with van der Waals surface area (Å²) in [7, 11) is 1.39. The number of anilines is 1. The van der Waals surface area contributed by atoms with Crippen LogP contribution in [0.1, 0.15) is 49.2 Å². The summed E-state index contributed by atoms with van der Waals surface area (Å²) in [5.74, 6) is 1.24. The summed E-state index contributed by atoms with van der Waals surface area (Å²) in [5, 5.41) is 24.2. The van der Waals surface area contributed by atoms with Crippen LogP contribution in [0.2, 0.25) is 0 Å². The number of methoxy groups -OCH3 is 1. The lowest BCUT2D eigenvalue weighted by Crippen LogP contribution is -2.32. The molecule has 1 aromatic carbocycles. The van der Waals surface area contributed by atoms with Crippen molar-refractivity contribution in [3.63, 3.8) is 0 Å². The van der Waals surface area contributed by atoms with Crippen LogP contribution in [0.3, 0.4) is 0 Å². The molecule has 4 heterocycles. The Bertz CT molecular complexity index is 1340. The van der Waals surface area contributed by atoms with Gasteiger partial charge in [-0.05, 0) is 48.9 Å². The van der Waals surface area contributed by atoms with E-state index in [0.29, 0.717) is 22.9 Å². The van der Waals surface area contributed by atoms with Crippen molar-refractivity contribution in [2.45, 2.75) is 38.5 Å². The number of carbonyl (C=O) groups is 1. The standard InChI is InChI=1S/C26H28N4O4S/c1-15(2)24(26(32)33-3)21-14-23(29-34-21)30-10-8-16(9-11-30)22-13-17-12-19(27-28-25(17)35-22)18-6-4-5-7-20(18)31/h4-7,12-16,24,31H,8-11H2,1-3H3. The van der Waals surface area contributed by atoms with E-state index in [9.17, 15) is 9.90 Å². The SMILES string of the molecule is COC(=O)C(c1cc(N2CCC(c3cc4cc(-c5ccccc5O)nnc4s3)CC2)no1)C(C)C. The van der Waals surface area contributed by atoms with E-state index in [2.05, 4.69) is 26.3 Å². The number of fused-ring (bicyclic) bond motifs is 1. The van der Waals surface area contributed by atoms with Crippen LogP contribution in [0.5, 0.6) is 5.75 Å². The first-order valence-corrected chi connectivity index (χ1v) is 12.6. The number of phenolic OH excluding ortho intramolecular Hbond substituents is 1. The number of rotatable bonds is 6. The van der Waals surface area contributed by atoms with Gasteiger partial charge < -0.3 is 19.3 Å². The number of phenols is 1. The highest BCUT2D eigenvalue weighted by Gasteiger charge is 2.31. The number of thiophene rings is 1. The average molecular weight is 493 g/mol. The lowest BCUT2D eigenvalue weighted by Gasteiger charge is -2.31. The third-order valence-corrected chi connectivity index (χ3v) is 7.84. The fourth-order valence-corrected chi connectivity index (χ4v) is 5.84. The quantitative estimate of drug-likeness (QED) is 0.360. The molecule has 5 rings (SSSR count). The van der Waals surface area contributed by atoms with Crippen LogP contribution in [-0.4, -0.2) is 46.6 Å². The van der Waals surface area contributed by atoms with Gasteiger partial charge in [0.2, 0.25) is 0 Å². The molecule has 1 fully saturated rings. The van der Waals surface area contributed by atoms with Crippen LogP contribution in [0.15, 0.2) is 47.0 Å². The first-order chi connectivity index (χ1) is 16.9. The molecule has 182 valence electrons. The highest BCUT2D eigenvalue weighted by molar-refractivity contribution is 7.18. The minimum absolute atomic E-state index is 0.0522. The van der Waals surface area contributed by atoms with Crippen LogP contribution < -0.4 is 4.90 Å². The Hall–Kier alpha value is -3.46. The number of esters is 1. The maximum absolute atomic E-state index is 12.2. The zero-order valence-electron chi connectivity index (χ0n) is 20.0. The van der Waals surface area contributed by atoms with Crippen molar-refractivity contribution in [1.29, 1.82) is 0 Å². The van der Waals surface area contributed by atoms with Gasteiger partial charge in [-0.1, -0.05) is 31.1 Å². The number of piperidine rings is 1. The van der Waals surface area contributed by atoms with Gasteiger partial charge in [0, 0.05) is 35.0 Å². The Labute approximate surface area is 207 Å². The minimum Gasteiger partial charge on any atom is -0.507 e. The summed E-state index contributed by atoms with van der Waals surface area (Å²) in [6.45, 7) is 5.64. The smallest absolute Gasteiger partial charge is 0.316 e. The second kappa shape index (κ2) is 9.65. The fourth-order valence-electron chi connectivity index (χ4n) is 4.71. The van der Waals surface area contributed by atoms with Gasteiger partial charge in [-0.25, -0.2) is 0 Å². The minimum atomic E-state index is -0.457. The lowest BCUT2D eigenvalue weighted by molar-refractivity contribution is -0.144. The van der Waals surface area contributed by atoms with Crippen molar-refractivity contribution in [1.82, 2.24) is 15.4 Å². The van der Waals surface area contributed by atoms with E-state index < -0.39 is 5.92 Å². The number of para-hydroxylation sites is 1. The van der Waals surface area contributed by atoms with Crippen LogP contribution in [0, 0.1) is 5.92 Å². The molecule has 1 unspecified atom stereocenters. The summed E-state index contributed by atoms with van der Waals surface area (Å²) in [4.78, 5) is 16.6. The van der Waals surface area contributed by atoms with Crippen molar-refractivity contribution < 1.29 is 19.2 Å². The molecule has 0 amide bonds. The Morgan fingerprint density at radius 2 is 1.94 bits per heavy atom. The number of benzene rings is 1. The van der Waals surface area contributed by atoms with E-state index in [1.165, 1.54) is 12.0 Å². The predicted octanol–water partition coefficient (Wildman–Crippen LogP) is 5.35. The van der Waals surface area contributed by atoms with Crippen LogP contribution in [0.25, 0.3) is 21.5 Å². The number of hydrogen-bond donors (Lipinski definition) is 1. The van der Waals surface area contributed by atoms with Crippen molar-refractivity contribution >= 4 is 33.3 Å². The monoisotopic (exact) mass is 492 g/mol. The van der Waals surface area contributed by atoms with E-state index in [0.717, 1.165) is 42.0 Å². The van der Waals surface area contributed by atoms with E-state index in [-0.39, 0.29) is 17.6 Å². The van der Waals surface area contributed by atoms with Crippen molar-refractivity contribution in [3.8, 4) is 17.0 Å². The van der Waals surface area contributed by atoms with Crippen molar-refractivity contribution in [2.75, 3.05) is 25.1 Å². The number of hydrogen-bond acceptors (Lipinski definition) is 9. The first kappa shape index (κ1) is 23.3. The van der Waals surface area contributed by atoms with Crippen molar-refractivity contribution in [3.05, 3.63) is 53.1 Å². The van der Waals surface area contributed by atoms with E-state index in [1.54, 1.807) is 23.5 Å². The van der Waals surface area contributed by atoms with E-state index in [4.69, 9.17) is 9.26 Å². The largest absolute Gasteiger partial charge is 0.507 e. The Kier molecular flexibility index (Phi) is 6.42. The third kappa shape index (κ3) is 4.60. The maximum Gasteiger partial charge on any atom is 0.316 e. The van der Waals surface area contributed by atoms with Gasteiger partial charge in [-0.3, -0.25) is 4.79 Å². The van der Waals surface area contributed by atoms with Crippen LogP contribution in [0.4, 0.5) is 5.82 Å². The molecule has 0 spiro atoms. The summed E-state index contributed by atoms with van der Waals surface area (Å²) in [5.41, 5.74) is 1.35. The molecule has 4 aromatic rings. The van der Waals surface area contributed by atoms with Gasteiger partial charge in [0.1, 0.15) is 16.5 Å². The molecule has 1 N–H and O–H groups in total. The summed E-state index contributed by atoms with van der Waals surface area (Å²) >= 11 is 1.69. The van der Waals surface area contributed by atoms with Crippen LogP contribution >= 0.6 is 11.3 Å². The normalized spacial score (nSPS) is 15.6. The zero-order valence-corrected chi connectivity index (χ0v) is 20.8. The molecule has 1 aliphatic rings. The van der Waals surface area contributed by atoms with Gasteiger partial charge in [0.15, 0.2) is 11.6 Å². The molecule has 3 aromatic heterocycles. The van der Waals surface area contributed by atoms with Gasteiger partial charge >= 0.3 is 5.97 Å². The highest BCUT2D eigenvalue weighted by atomic mass is 32.1. The number of aromatic hydroxyl groups is 1. The molecule has 9 heteroatoms. The summed E-state index contributed by atoms with van der Waals surface area (Å²) in [6, 6.07) is 13.2. The van der Waals surface area contributed by atoms with Crippen molar-refractivity contribution in [2.24, 2.45) is 5.92 Å². The third-order valence-electron chi connectivity index (χ3n) is 6.65. The number of aromatic nitrogens is 3. The topological polar surface area (TPSA) is 102 Å². The molecule has 1 aliphatic heterocycles. The molecular weight excluding hydrogens is 464 g/mol. The average Bonchev–Trinajstić information content (AvgIpc) is 3.51. The predicted molar refractivity (Wildman–Crippen MR) is 135 cm³/mol. The van der Waals surface area contributed by atoms with Gasteiger partial charge in [-0.2, -0.15) is 0 Å². The van der Waals surface area contributed by atoms with E-state index >= 15 is 0 Å². The molecule has 35 heavy (non-hydrogen) atoms.